The number of hydrogen-bond donors (Lipinski definition) is 0. The lowest BCUT2D eigenvalue weighted by Crippen LogP contribution is -2.26. The summed E-state index contributed by atoms with van der Waals surface area (Å²) in [6.07, 6.45) is 0. The summed E-state index contributed by atoms with van der Waals surface area (Å²) in [6, 6.07) is -26.8. The largest absolute Gasteiger partial charge is 0.309 e. The zero-order valence-electron chi connectivity index (χ0n) is 69.0. The fourth-order valence-electron chi connectivity index (χ4n) is 9.16. The molecule has 326 valence electrons. The van der Waals surface area contributed by atoms with E-state index in [1.807, 2.05) is 0 Å². The van der Waals surface area contributed by atoms with E-state index in [2.05, 4.69) is 0 Å². The number of rotatable bonds is 8. The Morgan fingerprint density at radius 3 is 1.32 bits per heavy atom. The van der Waals surface area contributed by atoms with Crippen LogP contribution in [0, 0.1) is 0 Å². The van der Waals surface area contributed by atoms with Gasteiger partial charge in [-0.2, -0.15) is 0 Å². The third-order valence-corrected chi connectivity index (χ3v) is 18.9. The minimum atomic E-state index is -5.96. The summed E-state index contributed by atoms with van der Waals surface area (Å²) >= 11 is 6.29. The molecular formula is C65H44OP2S. The van der Waals surface area contributed by atoms with Gasteiger partial charge in [-0.3, -0.25) is 0 Å². The molecule has 0 N–H and O–H groups in total. The van der Waals surface area contributed by atoms with Gasteiger partial charge in [-0.1, -0.05) is 266 Å². The lowest BCUT2D eigenvalue weighted by Gasteiger charge is -2.31. The van der Waals surface area contributed by atoms with E-state index < -0.39 is 300 Å². The quantitative estimate of drug-likeness (QED) is 0.141. The molecule has 1 unspecified atom stereocenters. The maximum absolute atomic E-state index is 16.7. The first-order valence-electron chi connectivity index (χ1n) is 37.8. The van der Waals surface area contributed by atoms with Crippen LogP contribution in [0.15, 0.2) is 266 Å². The minimum absolute atomic E-state index is 0.162. The molecule has 0 saturated carbocycles. The Morgan fingerprint density at radius 2 is 0.783 bits per heavy atom. The Kier molecular flexibility index (Phi) is 4.63. The van der Waals surface area contributed by atoms with Crippen LogP contribution in [-0.4, -0.2) is 0 Å². The Hall–Kier alpha value is -7.44. The molecule has 0 fully saturated rings. The number of benzene rings is 11. The van der Waals surface area contributed by atoms with E-state index in [4.69, 9.17) is 39.2 Å². The molecule has 0 saturated heterocycles. The lowest BCUT2D eigenvalue weighted by atomic mass is 9.69. The Bertz CT molecular complexity index is 5360. The molecule has 0 heterocycles. The maximum Gasteiger partial charge on any atom is 0.171 e. The highest BCUT2D eigenvalue weighted by Crippen LogP contribution is 2.64. The van der Waals surface area contributed by atoms with Crippen LogP contribution < -0.4 is 31.8 Å². The van der Waals surface area contributed by atoms with E-state index in [1.54, 1.807) is 60.7 Å². The van der Waals surface area contributed by atoms with Crippen molar-refractivity contribution in [3.05, 3.63) is 288 Å². The molecule has 1 nitrogen and oxygen atoms in total. The molecule has 0 aromatic heterocycles. The van der Waals surface area contributed by atoms with Gasteiger partial charge in [0.15, 0.2) is 7.14 Å². The van der Waals surface area contributed by atoms with Gasteiger partial charge in [0, 0.05) is 22.0 Å². The average Bonchev–Trinajstić information content (AvgIpc) is 1.49. The molecule has 69 heavy (non-hydrogen) atoms. The maximum atomic E-state index is 16.7. The van der Waals surface area contributed by atoms with Crippen molar-refractivity contribution in [1.29, 1.82) is 0 Å². The second kappa shape index (κ2) is 16.4. The predicted octanol–water partition coefficient (Wildman–Crippen LogP) is 13.9. The zero-order chi connectivity index (χ0) is 75.7. The van der Waals surface area contributed by atoms with Crippen molar-refractivity contribution in [2.75, 3.05) is 0 Å². The SMILES string of the molecule is [2H]c1c([2H])c([2H])c(P(=O)(c2c([2H])c([2H])c([2H])c([2H])c2[2H])c2c([2H])c([2H])c(-c3c([2H])c([2H])c4c(c3[2H])C3(c5ccccc5-c5c3ccc3ccccc53)c3c([2H])c(-c5c([2H])c([2H])c(P(=S)(c6c([2H])c([2H])c([2H])c([2H])c6[2H])c6c([2H])c([2H])c([2H])c([2H])c6[2H])c([2H])c5[2H])c([2H])c([2H])c3-4)c([2H])c2[2H])c([2H])c1[2H]. The summed E-state index contributed by atoms with van der Waals surface area (Å²) in [5.74, 6) is 0. The van der Waals surface area contributed by atoms with Crippen molar-refractivity contribution >= 4 is 67.6 Å². The highest BCUT2D eigenvalue weighted by Gasteiger charge is 2.52. The third-order valence-electron chi connectivity index (χ3n) is 12.1. The van der Waals surface area contributed by atoms with Gasteiger partial charge in [0.2, 0.25) is 0 Å². The van der Waals surface area contributed by atoms with Crippen LogP contribution in [0.1, 0.15) is 68.9 Å². The lowest BCUT2D eigenvalue weighted by molar-refractivity contribution is 0.592. The fraction of sp³-hybridized carbons (Fsp3) is 0.0154. The van der Waals surface area contributed by atoms with E-state index in [9.17, 15) is 19.2 Å². The Balaban J connectivity index is 1.16. The highest BCUT2D eigenvalue weighted by atomic mass is 32.4. The topological polar surface area (TPSA) is 17.1 Å². The van der Waals surface area contributed by atoms with Crippen molar-refractivity contribution in [1.82, 2.24) is 0 Å². The van der Waals surface area contributed by atoms with Crippen molar-refractivity contribution in [3.63, 3.8) is 0 Å². The summed E-state index contributed by atoms with van der Waals surface area (Å²) in [7, 11) is -5.96. The van der Waals surface area contributed by atoms with Crippen LogP contribution in [0.4, 0.5) is 0 Å². The van der Waals surface area contributed by atoms with Crippen LogP contribution in [0.25, 0.3) is 55.3 Å². The van der Waals surface area contributed by atoms with Crippen molar-refractivity contribution in [2.24, 2.45) is 0 Å². The number of fused-ring (bicyclic) bond motifs is 12. The molecule has 2 aliphatic rings. The van der Waals surface area contributed by atoms with E-state index >= 15 is 4.57 Å². The molecule has 0 bridgehead atoms. The third kappa shape index (κ3) is 6.30. The van der Waals surface area contributed by atoms with E-state index in [0.717, 1.165) is 0 Å². The highest BCUT2D eigenvalue weighted by molar-refractivity contribution is 8.25. The first-order chi connectivity index (χ1) is 48.1. The predicted molar refractivity (Wildman–Crippen MR) is 297 cm³/mol. The van der Waals surface area contributed by atoms with Gasteiger partial charge >= 0.3 is 0 Å². The first-order valence-corrected chi connectivity index (χ1v) is 25.3. The van der Waals surface area contributed by atoms with Crippen molar-refractivity contribution < 1.29 is 51.2 Å². The van der Waals surface area contributed by atoms with Crippen LogP contribution >= 0.6 is 13.2 Å². The molecule has 11 aromatic carbocycles. The standard InChI is InChI=1S/C65H44OP2S/c66-67(50-18-5-1-6-19-50,51-20-7-2-8-21-51)52-36-29-45(30-37-52)48-33-40-57-58-41-34-49(46-31-38-55(39-32-46)68(69,53-22-9-3-10-23-53)54-24-11-4-12-25-54)44-63(58)65(62(57)43-48)60-28-16-15-27-59(60)64-56-26-14-13-17-47(56)35-42-61(64)65/h1-44H/i1D,2D,3D,4D,5D,6D,7D,8D,9D,10D,11D,12D,18D,19D,20D,21D,22D,23D,24D,25D,29D,30D,31D,32D,33D,34D,36D,37D,38D,39D,40D,41D,43D,44D. The van der Waals surface area contributed by atoms with Crippen LogP contribution in [-0.2, 0) is 21.8 Å². The van der Waals surface area contributed by atoms with Gasteiger partial charge in [-0.15, -0.1) is 0 Å². The molecular weight excluding hydrogens is 891 g/mol. The smallest absolute Gasteiger partial charge is 0.171 e. The molecule has 1 spiro atoms. The molecule has 0 radical (unpaired) electrons. The van der Waals surface area contributed by atoms with Gasteiger partial charge in [-0.05, 0) is 106 Å². The fourth-order valence-corrected chi connectivity index (χ4v) is 13.9. The normalized spacial score (nSPS) is 21.4. The van der Waals surface area contributed by atoms with E-state index in [-0.39, 0.29) is 11.1 Å². The van der Waals surface area contributed by atoms with E-state index in [0.29, 0.717) is 21.9 Å². The van der Waals surface area contributed by atoms with Crippen molar-refractivity contribution in [2.45, 2.75) is 5.41 Å². The summed E-state index contributed by atoms with van der Waals surface area (Å²) in [5, 5.41) is -5.58. The zero-order valence-corrected chi connectivity index (χ0v) is 37.6. The molecule has 2 aliphatic carbocycles. The summed E-state index contributed by atoms with van der Waals surface area (Å²) < 4.78 is 332. The molecule has 0 amide bonds. The molecule has 4 heteroatoms. The summed E-state index contributed by atoms with van der Waals surface area (Å²) in [5.41, 5.74) is -6.61. The molecule has 11 aromatic rings. The number of hydrogen-bond acceptors (Lipinski definition) is 2. The van der Waals surface area contributed by atoms with Crippen molar-refractivity contribution in [3.8, 4) is 44.5 Å². The monoisotopic (exact) mass is 968 g/mol. The second-order valence-corrected chi connectivity index (χ2v) is 22.3. The Morgan fingerprint density at radius 1 is 0.362 bits per heavy atom. The summed E-state index contributed by atoms with van der Waals surface area (Å²) in [4.78, 5) is 0. The van der Waals surface area contributed by atoms with Gasteiger partial charge in [0.05, 0.1) is 52.0 Å². The van der Waals surface area contributed by atoms with Gasteiger partial charge in [0.25, 0.3) is 0 Å². The second-order valence-electron chi connectivity index (χ2n) is 15.6. The Labute approximate surface area is 456 Å². The van der Waals surface area contributed by atoms with Crippen LogP contribution in [0.2, 0.25) is 0 Å². The van der Waals surface area contributed by atoms with Gasteiger partial charge < -0.3 is 4.57 Å². The van der Waals surface area contributed by atoms with Crippen LogP contribution in [0.3, 0.4) is 0 Å². The molecule has 1 atom stereocenters. The molecule has 13 rings (SSSR count). The van der Waals surface area contributed by atoms with Gasteiger partial charge in [-0.25, -0.2) is 0 Å². The molecule has 0 aliphatic heterocycles. The van der Waals surface area contributed by atoms with Gasteiger partial charge in [0.1, 0.15) is 0 Å². The minimum Gasteiger partial charge on any atom is -0.309 e. The van der Waals surface area contributed by atoms with E-state index in [1.165, 1.54) is 0 Å². The summed E-state index contributed by atoms with van der Waals surface area (Å²) in [6.45, 7) is 0. The first kappa shape index (κ1) is 19.5. The average molecular weight is 969 g/mol. The van der Waals surface area contributed by atoms with Crippen LogP contribution in [0.5, 0.6) is 0 Å².